The molecule has 0 aliphatic carbocycles. The Morgan fingerprint density at radius 2 is 2.14 bits per heavy atom. The molecule has 1 fully saturated rings. The summed E-state index contributed by atoms with van der Waals surface area (Å²) in [6.45, 7) is 0.939. The number of aliphatic carboxylic acids is 1. The Labute approximate surface area is 123 Å². The van der Waals surface area contributed by atoms with E-state index < -0.39 is 5.97 Å². The minimum atomic E-state index is -0.886. The van der Waals surface area contributed by atoms with Gasteiger partial charge in [0.25, 0.3) is 0 Å². The highest BCUT2D eigenvalue weighted by atomic mass is 16.4. The molecule has 1 atom stereocenters. The van der Waals surface area contributed by atoms with Gasteiger partial charge in [-0.2, -0.15) is 0 Å². The molecular weight excluding hydrogens is 270 g/mol. The third kappa shape index (κ3) is 3.87. The number of amides is 1. The number of carboxylic acids is 1. The zero-order chi connectivity index (χ0) is 15.2. The second-order valence-electron chi connectivity index (χ2n) is 5.20. The van der Waals surface area contributed by atoms with Gasteiger partial charge in [-0.15, -0.1) is 0 Å². The zero-order valence-electron chi connectivity index (χ0n) is 11.9. The lowest BCUT2D eigenvalue weighted by Crippen LogP contribution is -2.47. The molecule has 0 radical (unpaired) electrons. The van der Waals surface area contributed by atoms with E-state index in [9.17, 15) is 9.59 Å². The average molecular weight is 291 g/mol. The third-order valence-corrected chi connectivity index (χ3v) is 3.70. The van der Waals surface area contributed by atoms with E-state index in [2.05, 4.69) is 5.32 Å². The minimum absolute atomic E-state index is 0.0296. The fraction of sp³-hybridized carbons (Fsp3) is 0.467. The van der Waals surface area contributed by atoms with E-state index in [1.165, 1.54) is 0 Å². The van der Waals surface area contributed by atoms with Gasteiger partial charge in [-0.1, -0.05) is 12.1 Å². The van der Waals surface area contributed by atoms with Crippen molar-refractivity contribution in [2.24, 2.45) is 0 Å². The van der Waals surface area contributed by atoms with Crippen molar-refractivity contribution in [1.82, 2.24) is 5.32 Å². The molecule has 0 spiro atoms. The van der Waals surface area contributed by atoms with Crippen molar-refractivity contribution < 1.29 is 14.7 Å². The van der Waals surface area contributed by atoms with Crippen LogP contribution >= 0.6 is 0 Å². The van der Waals surface area contributed by atoms with Gasteiger partial charge in [0.1, 0.15) is 6.04 Å². The molecule has 6 nitrogen and oxygen atoms in total. The molecule has 0 saturated carbocycles. The van der Waals surface area contributed by atoms with Crippen LogP contribution in [0.25, 0.3) is 0 Å². The van der Waals surface area contributed by atoms with Gasteiger partial charge in [-0.25, -0.2) is 0 Å². The van der Waals surface area contributed by atoms with Crippen LogP contribution in [-0.4, -0.2) is 36.1 Å². The molecule has 1 saturated heterocycles. The Hall–Kier alpha value is -2.24. The zero-order valence-corrected chi connectivity index (χ0v) is 11.9. The predicted molar refractivity (Wildman–Crippen MR) is 81.1 cm³/mol. The van der Waals surface area contributed by atoms with Crippen LogP contribution in [0.3, 0.4) is 0 Å². The van der Waals surface area contributed by atoms with Crippen LogP contribution in [0.1, 0.15) is 25.7 Å². The number of carboxylic acid groups (broad SMARTS) is 1. The third-order valence-electron chi connectivity index (χ3n) is 3.70. The van der Waals surface area contributed by atoms with Crippen molar-refractivity contribution in [3.63, 3.8) is 0 Å². The van der Waals surface area contributed by atoms with E-state index in [1.54, 1.807) is 6.07 Å². The van der Waals surface area contributed by atoms with Crippen LogP contribution in [0.5, 0.6) is 0 Å². The largest absolute Gasteiger partial charge is 0.481 e. The van der Waals surface area contributed by atoms with Gasteiger partial charge in [0.15, 0.2) is 0 Å². The Morgan fingerprint density at radius 1 is 1.38 bits per heavy atom. The second kappa shape index (κ2) is 6.97. The fourth-order valence-electron chi connectivity index (χ4n) is 2.63. The number of hydrogen-bond donors (Lipinski definition) is 3. The molecule has 1 aromatic carbocycles. The topological polar surface area (TPSA) is 95.7 Å². The summed E-state index contributed by atoms with van der Waals surface area (Å²) in [6, 6.07) is 6.89. The predicted octanol–water partition coefficient (Wildman–Crippen LogP) is 1.22. The first-order chi connectivity index (χ1) is 10.1. The Bertz CT molecular complexity index is 519. The first-order valence-electron chi connectivity index (χ1n) is 7.20. The van der Waals surface area contributed by atoms with Crippen molar-refractivity contribution in [2.75, 3.05) is 23.7 Å². The first-order valence-corrected chi connectivity index (χ1v) is 7.20. The highest BCUT2D eigenvalue weighted by Gasteiger charge is 2.28. The Morgan fingerprint density at radius 3 is 2.86 bits per heavy atom. The van der Waals surface area contributed by atoms with Crippen molar-refractivity contribution in [3.8, 4) is 0 Å². The highest BCUT2D eigenvalue weighted by Crippen LogP contribution is 2.27. The Balaban J connectivity index is 2.28. The van der Waals surface area contributed by atoms with Crippen molar-refractivity contribution >= 4 is 23.3 Å². The highest BCUT2D eigenvalue weighted by molar-refractivity contribution is 5.87. The Kier molecular flexibility index (Phi) is 5.03. The summed E-state index contributed by atoms with van der Waals surface area (Å²) in [5.41, 5.74) is 7.28. The number of carbonyl (C=O) groups is 2. The maximum Gasteiger partial charge on any atom is 0.305 e. The van der Waals surface area contributed by atoms with Crippen molar-refractivity contribution in [3.05, 3.63) is 24.3 Å². The molecule has 1 aliphatic rings. The van der Waals surface area contributed by atoms with E-state index >= 15 is 0 Å². The molecule has 1 unspecified atom stereocenters. The molecule has 0 bridgehead atoms. The van der Waals surface area contributed by atoms with Gasteiger partial charge < -0.3 is 21.1 Å². The van der Waals surface area contributed by atoms with Gasteiger partial charge in [-0.05, 0) is 31.4 Å². The monoisotopic (exact) mass is 291 g/mol. The number of para-hydroxylation sites is 2. The summed E-state index contributed by atoms with van der Waals surface area (Å²) >= 11 is 0. The molecule has 1 aromatic rings. The number of benzene rings is 1. The summed E-state index contributed by atoms with van der Waals surface area (Å²) in [7, 11) is 0. The van der Waals surface area contributed by atoms with E-state index in [0.717, 1.165) is 18.5 Å². The molecule has 21 heavy (non-hydrogen) atoms. The summed E-state index contributed by atoms with van der Waals surface area (Å²) in [5, 5.41) is 11.8. The standard InChI is InChI=1S/C15H21N3O3/c16-11-5-1-2-6-12(11)18(10-8-14(19)20)13-7-3-4-9-17-15(13)21/h1-2,5-6,13H,3-4,7-10,16H2,(H,17,21)(H,19,20). The lowest BCUT2D eigenvalue weighted by molar-refractivity contribution is -0.137. The van der Waals surface area contributed by atoms with E-state index in [4.69, 9.17) is 10.8 Å². The smallest absolute Gasteiger partial charge is 0.305 e. The lowest BCUT2D eigenvalue weighted by atomic mass is 10.1. The first kappa shape index (κ1) is 15.2. The quantitative estimate of drug-likeness (QED) is 0.709. The molecule has 1 aliphatic heterocycles. The van der Waals surface area contributed by atoms with Gasteiger partial charge in [0.05, 0.1) is 17.8 Å². The molecule has 2 rings (SSSR count). The number of nitrogens with two attached hydrogens (primary N) is 1. The van der Waals surface area contributed by atoms with Crippen LogP contribution in [0, 0.1) is 0 Å². The molecule has 4 N–H and O–H groups in total. The molecule has 0 aromatic heterocycles. The number of nitrogen functional groups attached to an aromatic ring is 1. The van der Waals surface area contributed by atoms with Crippen molar-refractivity contribution in [1.29, 1.82) is 0 Å². The van der Waals surface area contributed by atoms with Gasteiger partial charge in [0, 0.05) is 13.1 Å². The van der Waals surface area contributed by atoms with Crippen LogP contribution in [0.15, 0.2) is 24.3 Å². The normalized spacial score (nSPS) is 18.7. The maximum atomic E-state index is 12.2. The van der Waals surface area contributed by atoms with E-state index in [-0.39, 0.29) is 24.9 Å². The number of rotatable bonds is 5. The van der Waals surface area contributed by atoms with Crippen LogP contribution in [-0.2, 0) is 9.59 Å². The van der Waals surface area contributed by atoms with E-state index in [1.807, 2.05) is 23.1 Å². The molecule has 1 heterocycles. The van der Waals surface area contributed by atoms with Gasteiger partial charge in [0.2, 0.25) is 5.91 Å². The summed E-state index contributed by atoms with van der Waals surface area (Å²) in [6.07, 6.45) is 2.55. The number of anilines is 2. The molecular formula is C15H21N3O3. The number of nitrogens with one attached hydrogen (secondary N) is 1. The number of hydrogen-bond acceptors (Lipinski definition) is 4. The number of carbonyl (C=O) groups excluding carboxylic acids is 1. The minimum Gasteiger partial charge on any atom is -0.481 e. The lowest BCUT2D eigenvalue weighted by Gasteiger charge is -2.32. The maximum absolute atomic E-state index is 12.2. The van der Waals surface area contributed by atoms with E-state index in [0.29, 0.717) is 18.7 Å². The molecule has 6 heteroatoms. The molecule has 114 valence electrons. The SMILES string of the molecule is Nc1ccccc1N(CCC(=O)O)C1CCCCNC1=O. The van der Waals surface area contributed by atoms with Gasteiger partial charge in [-0.3, -0.25) is 9.59 Å². The van der Waals surface area contributed by atoms with Crippen LogP contribution < -0.4 is 16.0 Å². The van der Waals surface area contributed by atoms with Gasteiger partial charge >= 0.3 is 5.97 Å². The number of nitrogens with zero attached hydrogens (tertiary/aromatic N) is 1. The summed E-state index contributed by atoms with van der Waals surface area (Å²) in [4.78, 5) is 25.0. The summed E-state index contributed by atoms with van der Waals surface area (Å²) < 4.78 is 0. The van der Waals surface area contributed by atoms with Crippen LogP contribution in [0.4, 0.5) is 11.4 Å². The van der Waals surface area contributed by atoms with Crippen LogP contribution in [0.2, 0.25) is 0 Å². The fourth-order valence-corrected chi connectivity index (χ4v) is 2.63. The second-order valence-corrected chi connectivity index (χ2v) is 5.20. The summed E-state index contributed by atoms with van der Waals surface area (Å²) in [5.74, 6) is -0.940. The average Bonchev–Trinajstić information content (AvgIpc) is 2.66. The molecule has 1 amide bonds. The van der Waals surface area contributed by atoms with Crippen molar-refractivity contribution in [2.45, 2.75) is 31.7 Å².